The van der Waals surface area contributed by atoms with Crippen LogP contribution in [0.3, 0.4) is 0 Å². The van der Waals surface area contributed by atoms with Crippen molar-refractivity contribution in [2.75, 3.05) is 13.1 Å². The van der Waals surface area contributed by atoms with Gasteiger partial charge in [-0.05, 0) is 63.3 Å². The van der Waals surface area contributed by atoms with Crippen molar-refractivity contribution in [1.29, 1.82) is 0 Å². The van der Waals surface area contributed by atoms with Crippen molar-refractivity contribution in [3.8, 4) is 5.75 Å². The number of carbonyl (C=O) groups is 4. The number of fused-ring (bicyclic) bond motifs is 1. The normalized spacial score (nSPS) is 19.4. The Balaban J connectivity index is 1.59. The highest BCUT2D eigenvalue weighted by atomic mass is 32.2. The van der Waals surface area contributed by atoms with E-state index in [4.69, 9.17) is 9.47 Å². The second-order valence-electron chi connectivity index (χ2n) is 14.0. The van der Waals surface area contributed by atoms with Gasteiger partial charge < -0.3 is 25.0 Å². The average molecular weight is 700 g/mol. The molecule has 0 radical (unpaired) electrons. The molecule has 2 aliphatic rings. The highest BCUT2D eigenvalue weighted by molar-refractivity contribution is 7.90. The van der Waals surface area contributed by atoms with Crippen LogP contribution in [0.4, 0.5) is 18.0 Å². The second kappa shape index (κ2) is 13.4. The van der Waals surface area contributed by atoms with Crippen LogP contribution in [0.1, 0.15) is 66.4 Å². The van der Waals surface area contributed by atoms with Crippen molar-refractivity contribution in [2.24, 2.45) is 5.41 Å². The van der Waals surface area contributed by atoms with Crippen molar-refractivity contribution in [1.82, 2.24) is 25.2 Å². The lowest BCUT2D eigenvalue weighted by atomic mass is 9.85. The third kappa shape index (κ3) is 9.26. The van der Waals surface area contributed by atoms with E-state index in [1.807, 2.05) is 4.72 Å². The zero-order chi connectivity index (χ0) is 35.8. The third-order valence-corrected chi connectivity index (χ3v) is 9.45. The van der Waals surface area contributed by atoms with Crippen LogP contribution in [0, 0.1) is 5.41 Å². The number of likely N-dealkylation sites (tertiary alicyclic amines) is 1. The number of sulfonamides is 1. The smallest absolute Gasteiger partial charge is 0.416 e. The number of alkyl halides is 3. The zero-order valence-electron chi connectivity index (χ0n) is 27.4. The third-order valence-electron chi connectivity index (χ3n) is 7.59. The molecule has 2 heterocycles. The van der Waals surface area contributed by atoms with Crippen LogP contribution in [0.25, 0.3) is 10.9 Å². The quantitative estimate of drug-likeness (QED) is 0.355. The topological polar surface area (TPSA) is 173 Å². The van der Waals surface area contributed by atoms with Gasteiger partial charge in [-0.3, -0.25) is 24.1 Å². The summed E-state index contributed by atoms with van der Waals surface area (Å²) < 4.78 is 77.6. The number of nitrogens with zero attached hydrogens (tertiary/aromatic N) is 2. The molecule has 17 heteroatoms. The highest BCUT2D eigenvalue weighted by Gasteiger charge is 2.46. The molecule has 4 amide bonds. The summed E-state index contributed by atoms with van der Waals surface area (Å²) in [5.41, 5.74) is -2.62. The van der Waals surface area contributed by atoms with Crippen LogP contribution in [0.5, 0.6) is 5.75 Å². The van der Waals surface area contributed by atoms with Gasteiger partial charge in [0.2, 0.25) is 21.8 Å². The van der Waals surface area contributed by atoms with Crippen LogP contribution in [-0.4, -0.2) is 84.2 Å². The van der Waals surface area contributed by atoms with Gasteiger partial charge in [-0.25, -0.2) is 13.2 Å². The Labute approximate surface area is 276 Å². The summed E-state index contributed by atoms with van der Waals surface area (Å²) in [6, 6.07) is 2.02. The number of pyridine rings is 1. The molecule has 48 heavy (non-hydrogen) atoms. The monoisotopic (exact) mass is 699 g/mol. The number of hydrogen-bond donors (Lipinski definition) is 3. The minimum absolute atomic E-state index is 0.0177. The van der Waals surface area contributed by atoms with Gasteiger partial charge in [-0.15, -0.1) is 0 Å². The Morgan fingerprint density at radius 1 is 1.04 bits per heavy atom. The van der Waals surface area contributed by atoms with E-state index in [9.17, 15) is 40.8 Å². The van der Waals surface area contributed by atoms with Gasteiger partial charge in [0.25, 0.3) is 5.91 Å². The first-order valence-electron chi connectivity index (χ1n) is 15.3. The summed E-state index contributed by atoms with van der Waals surface area (Å²) in [5, 5.41) is 4.58. The van der Waals surface area contributed by atoms with Crippen molar-refractivity contribution in [2.45, 2.75) is 96.0 Å². The van der Waals surface area contributed by atoms with Gasteiger partial charge in [-0.2, -0.15) is 13.2 Å². The number of ether oxygens (including phenoxy) is 2. The summed E-state index contributed by atoms with van der Waals surface area (Å²) in [6.07, 6.45) is -4.28. The fourth-order valence-corrected chi connectivity index (χ4v) is 6.45. The molecule has 1 saturated carbocycles. The fourth-order valence-electron chi connectivity index (χ4n) is 5.14. The van der Waals surface area contributed by atoms with Crippen molar-refractivity contribution in [3.05, 3.63) is 36.0 Å². The van der Waals surface area contributed by atoms with E-state index in [-0.39, 0.29) is 29.6 Å². The van der Waals surface area contributed by atoms with Gasteiger partial charge in [0, 0.05) is 18.0 Å². The van der Waals surface area contributed by atoms with Crippen molar-refractivity contribution in [3.63, 3.8) is 0 Å². The maximum atomic E-state index is 14.1. The lowest BCUT2D eigenvalue weighted by molar-refractivity contribution is -0.142. The van der Waals surface area contributed by atoms with E-state index in [0.29, 0.717) is 12.8 Å². The molecule has 1 aliphatic carbocycles. The molecule has 2 aromatic rings. The lowest BCUT2D eigenvalue weighted by Crippen LogP contribution is -2.58. The molecular weight excluding hydrogens is 659 g/mol. The van der Waals surface area contributed by atoms with Crippen LogP contribution in [0.2, 0.25) is 0 Å². The van der Waals surface area contributed by atoms with Crippen molar-refractivity contribution >= 4 is 44.7 Å². The number of halogens is 3. The molecule has 13 nitrogen and oxygen atoms in total. The summed E-state index contributed by atoms with van der Waals surface area (Å²) >= 11 is 0. The summed E-state index contributed by atoms with van der Waals surface area (Å²) in [6.45, 7) is 9.21. The Morgan fingerprint density at radius 3 is 2.29 bits per heavy atom. The van der Waals surface area contributed by atoms with Gasteiger partial charge in [0.1, 0.15) is 29.5 Å². The average Bonchev–Trinajstić information content (AvgIpc) is 3.73. The predicted octanol–water partition coefficient (Wildman–Crippen LogP) is 3.27. The number of aromatic nitrogens is 1. The molecule has 1 aliphatic heterocycles. The Hall–Kier alpha value is -4.15. The SMILES string of the molecule is CC(C)(C)OC(=O)N[C@H](C(=O)N1C[C@H](Oc2ccnc3cc(C(F)(F)F)ccc23)C[C@H]1C(=O)NCC(=O)NS(=O)(=O)C1CC1)C(C)(C)C. The van der Waals surface area contributed by atoms with Crippen LogP contribution >= 0.6 is 0 Å². The molecule has 1 saturated heterocycles. The molecule has 1 aromatic carbocycles. The van der Waals surface area contributed by atoms with E-state index >= 15 is 0 Å². The number of benzene rings is 1. The minimum Gasteiger partial charge on any atom is -0.488 e. The molecule has 0 bridgehead atoms. The van der Waals surface area contributed by atoms with Gasteiger partial charge in [-0.1, -0.05) is 20.8 Å². The number of nitrogens with one attached hydrogen (secondary N) is 3. The molecular formula is C31H40F3N5O8S. The number of hydrogen-bond acceptors (Lipinski definition) is 9. The molecule has 264 valence electrons. The number of rotatable bonds is 9. The predicted molar refractivity (Wildman–Crippen MR) is 167 cm³/mol. The highest BCUT2D eigenvalue weighted by Crippen LogP contribution is 2.35. The first-order chi connectivity index (χ1) is 22.0. The maximum absolute atomic E-state index is 14.1. The summed E-state index contributed by atoms with van der Waals surface area (Å²) in [4.78, 5) is 57.9. The van der Waals surface area contributed by atoms with E-state index in [0.717, 1.165) is 12.1 Å². The molecule has 0 unspecified atom stereocenters. The largest absolute Gasteiger partial charge is 0.488 e. The maximum Gasteiger partial charge on any atom is 0.416 e. The Bertz CT molecular complexity index is 1680. The lowest BCUT2D eigenvalue weighted by Gasteiger charge is -2.35. The molecule has 2 fully saturated rings. The standard InChI is InChI=1S/C31H40F3N5O8S/c1-29(2,3)25(37-28(43)47-30(4,5)6)27(42)39-16-18(14-22(39)26(41)36-15-24(40)38-48(44,45)19-8-9-19)46-23-11-12-35-21-13-17(31(32,33)34)7-10-20(21)23/h7,10-13,18-19,22,25H,8-9,14-16H2,1-6H3,(H,36,41)(H,37,43)(H,38,40)/t18-,22+,25-/m1/s1. The Kier molecular flexibility index (Phi) is 10.2. The van der Waals surface area contributed by atoms with Crippen LogP contribution < -0.4 is 20.1 Å². The van der Waals surface area contributed by atoms with Gasteiger partial charge in [0.15, 0.2) is 0 Å². The van der Waals surface area contributed by atoms with E-state index in [1.54, 1.807) is 41.5 Å². The number of alkyl carbamates (subject to hydrolysis) is 1. The number of amides is 4. The molecule has 0 spiro atoms. The first kappa shape index (κ1) is 36.7. The fraction of sp³-hybridized carbons (Fsp3) is 0.581. The second-order valence-corrected chi connectivity index (χ2v) is 15.9. The molecule has 1 aromatic heterocycles. The van der Waals surface area contributed by atoms with Gasteiger partial charge in [0.05, 0.1) is 29.4 Å². The summed E-state index contributed by atoms with van der Waals surface area (Å²) in [7, 11) is -3.86. The van der Waals surface area contributed by atoms with Crippen molar-refractivity contribution < 1.29 is 50.2 Å². The molecule has 3 N–H and O–H groups in total. The zero-order valence-corrected chi connectivity index (χ0v) is 28.3. The van der Waals surface area contributed by atoms with E-state index in [1.165, 1.54) is 23.2 Å². The molecule has 3 atom stereocenters. The van der Waals surface area contributed by atoms with E-state index in [2.05, 4.69) is 15.6 Å². The first-order valence-corrected chi connectivity index (χ1v) is 16.8. The number of carbonyl (C=O) groups excluding carboxylic acids is 4. The summed E-state index contributed by atoms with van der Waals surface area (Å²) in [5.74, 6) is -2.24. The van der Waals surface area contributed by atoms with Crippen LogP contribution in [0.15, 0.2) is 30.5 Å². The minimum atomic E-state index is -4.59. The van der Waals surface area contributed by atoms with Crippen LogP contribution in [-0.2, 0) is 35.3 Å². The van der Waals surface area contributed by atoms with E-state index < -0.39 is 86.6 Å². The molecule has 4 rings (SSSR count). The van der Waals surface area contributed by atoms with Gasteiger partial charge >= 0.3 is 12.3 Å². The Morgan fingerprint density at radius 2 is 1.71 bits per heavy atom.